The van der Waals surface area contributed by atoms with E-state index in [1.165, 1.54) is 48.6 Å². The van der Waals surface area contributed by atoms with Gasteiger partial charge in [0, 0.05) is 28.9 Å². The second-order valence-electron chi connectivity index (χ2n) is 13.2. The second kappa shape index (κ2) is 13.6. The van der Waals surface area contributed by atoms with E-state index in [0.717, 1.165) is 47.9 Å². The molecule has 0 spiro atoms. The highest BCUT2D eigenvalue weighted by Crippen LogP contribution is 2.41. The number of benzene rings is 2. The van der Waals surface area contributed by atoms with Gasteiger partial charge in [0.05, 0.1) is 13.5 Å². The van der Waals surface area contributed by atoms with Crippen molar-refractivity contribution < 1.29 is 14.0 Å². The summed E-state index contributed by atoms with van der Waals surface area (Å²) in [4.78, 5) is 16.2. The van der Waals surface area contributed by atoms with Crippen LogP contribution in [0, 0.1) is 25.7 Å². The van der Waals surface area contributed by atoms with Gasteiger partial charge in [-0.2, -0.15) is 0 Å². The summed E-state index contributed by atoms with van der Waals surface area (Å²) in [5, 5.41) is 0. The molecule has 0 radical (unpaired) electrons. The first-order chi connectivity index (χ1) is 20.4. The van der Waals surface area contributed by atoms with Crippen LogP contribution in [0.15, 0.2) is 54.9 Å². The van der Waals surface area contributed by atoms with Crippen LogP contribution in [0.4, 0.5) is 0 Å². The lowest BCUT2D eigenvalue weighted by Crippen LogP contribution is -2.43. The van der Waals surface area contributed by atoms with E-state index < -0.39 is 8.32 Å². The van der Waals surface area contributed by atoms with Gasteiger partial charge < -0.3 is 9.16 Å². The molecule has 0 N–H and O–H groups in total. The number of carbonyl (C=O) groups excluding carboxylic acids is 1. The lowest BCUT2D eigenvalue weighted by molar-refractivity contribution is -0.139. The molecule has 2 aromatic carbocycles. The predicted molar refractivity (Wildman–Crippen MR) is 180 cm³/mol. The number of pyridine rings is 1. The molecule has 1 aliphatic carbocycles. The van der Waals surface area contributed by atoms with Crippen LogP contribution >= 0.6 is 0 Å². The Balaban J connectivity index is 1.66. The summed E-state index contributed by atoms with van der Waals surface area (Å²) in [6.07, 6.45) is 11.6. The Morgan fingerprint density at radius 3 is 2.16 bits per heavy atom. The van der Waals surface area contributed by atoms with Crippen molar-refractivity contribution in [2.24, 2.45) is 0 Å². The Hall–Kier alpha value is -3.20. The van der Waals surface area contributed by atoms with Crippen LogP contribution in [-0.4, -0.2) is 32.0 Å². The van der Waals surface area contributed by atoms with E-state index in [0.29, 0.717) is 0 Å². The van der Waals surface area contributed by atoms with Gasteiger partial charge in [-0.3, -0.25) is 9.78 Å². The Bertz CT molecular complexity index is 1500. The second-order valence-corrected chi connectivity index (χ2v) is 17.6. The quantitative estimate of drug-likeness (QED) is 0.141. The molecule has 228 valence electrons. The molecule has 1 heterocycles. The zero-order chi connectivity index (χ0) is 31.3. The molecule has 0 aliphatic heterocycles. The van der Waals surface area contributed by atoms with Crippen molar-refractivity contribution in [1.29, 1.82) is 0 Å². The van der Waals surface area contributed by atoms with E-state index in [1.54, 1.807) is 6.20 Å². The van der Waals surface area contributed by atoms with Crippen LogP contribution in [0.5, 0.6) is 0 Å². The van der Waals surface area contributed by atoms with Crippen molar-refractivity contribution in [2.45, 2.75) is 110 Å². The van der Waals surface area contributed by atoms with Gasteiger partial charge in [0.15, 0.2) is 8.32 Å². The molecule has 1 saturated carbocycles. The average molecular weight is 596 g/mol. The summed E-state index contributed by atoms with van der Waals surface area (Å²) in [5.41, 5.74) is 8.76. The number of aromatic nitrogens is 1. The highest BCUT2D eigenvalue weighted by Gasteiger charge is 2.36. The SMILES string of the molecule is CCC(CC)(c1ccc(C#CC2(O[Si](C)(C)C)CCCCC2)c(C)c1)c1ccc(-c2cncc(CC(=O)OC)c2)c(C)c1. The van der Waals surface area contributed by atoms with Gasteiger partial charge in [-0.1, -0.05) is 62.4 Å². The van der Waals surface area contributed by atoms with Crippen LogP contribution in [0.3, 0.4) is 0 Å². The molecule has 0 atom stereocenters. The van der Waals surface area contributed by atoms with Gasteiger partial charge >= 0.3 is 5.97 Å². The largest absolute Gasteiger partial charge is 0.469 e. The normalized spacial score (nSPS) is 15.0. The van der Waals surface area contributed by atoms with E-state index in [4.69, 9.17) is 9.16 Å². The summed E-state index contributed by atoms with van der Waals surface area (Å²) < 4.78 is 11.6. The number of carbonyl (C=O) groups is 1. The molecule has 4 nitrogen and oxygen atoms in total. The molecule has 0 unspecified atom stereocenters. The van der Waals surface area contributed by atoms with Gasteiger partial charge in [-0.15, -0.1) is 0 Å². The summed E-state index contributed by atoms with van der Waals surface area (Å²) >= 11 is 0. The fraction of sp³-hybridized carbons (Fsp3) is 0.474. The van der Waals surface area contributed by atoms with Crippen molar-refractivity contribution in [3.05, 3.63) is 88.2 Å². The minimum absolute atomic E-state index is 0.101. The number of hydrogen-bond acceptors (Lipinski definition) is 4. The minimum Gasteiger partial charge on any atom is -0.469 e. The Morgan fingerprint density at radius 2 is 1.58 bits per heavy atom. The molecular weight excluding hydrogens is 547 g/mol. The molecule has 3 aromatic rings. The van der Waals surface area contributed by atoms with Crippen LogP contribution in [0.2, 0.25) is 19.6 Å². The van der Waals surface area contributed by atoms with Gasteiger partial charge in [0.1, 0.15) is 5.60 Å². The Morgan fingerprint density at radius 1 is 0.930 bits per heavy atom. The fourth-order valence-corrected chi connectivity index (χ4v) is 8.16. The monoisotopic (exact) mass is 595 g/mol. The zero-order valence-corrected chi connectivity index (χ0v) is 28.5. The maximum Gasteiger partial charge on any atom is 0.310 e. The molecular formula is C38H49NO3Si. The first-order valence-corrected chi connectivity index (χ1v) is 19.3. The lowest BCUT2D eigenvalue weighted by Gasteiger charge is -2.38. The molecule has 0 amide bonds. The number of nitrogens with zero attached hydrogens (tertiary/aromatic N) is 1. The number of aryl methyl sites for hydroxylation is 2. The molecule has 43 heavy (non-hydrogen) atoms. The number of esters is 1. The van der Waals surface area contributed by atoms with Crippen LogP contribution < -0.4 is 0 Å². The number of ether oxygens (including phenoxy) is 1. The molecule has 1 fully saturated rings. The van der Waals surface area contributed by atoms with E-state index in [-0.39, 0.29) is 23.4 Å². The van der Waals surface area contributed by atoms with Crippen molar-refractivity contribution in [3.8, 4) is 23.0 Å². The molecule has 0 saturated heterocycles. The smallest absolute Gasteiger partial charge is 0.310 e. The maximum atomic E-state index is 11.8. The van der Waals surface area contributed by atoms with Crippen LogP contribution in [0.1, 0.15) is 92.2 Å². The summed E-state index contributed by atoms with van der Waals surface area (Å²) in [6, 6.07) is 15.7. The summed E-state index contributed by atoms with van der Waals surface area (Å²) in [5.74, 6) is 6.95. The highest BCUT2D eigenvalue weighted by molar-refractivity contribution is 6.69. The van der Waals surface area contributed by atoms with Crippen molar-refractivity contribution in [3.63, 3.8) is 0 Å². The fourth-order valence-electron chi connectivity index (χ4n) is 6.73. The number of methoxy groups -OCH3 is 1. The van der Waals surface area contributed by atoms with Gasteiger partial charge in [-0.05, 0) is 118 Å². The topological polar surface area (TPSA) is 48.4 Å². The van der Waals surface area contributed by atoms with E-state index in [2.05, 4.69) is 101 Å². The van der Waals surface area contributed by atoms with Crippen molar-refractivity contribution >= 4 is 14.3 Å². The summed E-state index contributed by atoms with van der Waals surface area (Å²) in [6.45, 7) is 15.7. The molecule has 4 rings (SSSR count). The molecule has 1 aromatic heterocycles. The van der Waals surface area contributed by atoms with Crippen molar-refractivity contribution in [2.75, 3.05) is 7.11 Å². The Labute approximate surface area is 260 Å². The average Bonchev–Trinajstić information content (AvgIpc) is 2.97. The third-order valence-electron chi connectivity index (χ3n) is 9.03. The molecule has 1 aliphatic rings. The van der Waals surface area contributed by atoms with Gasteiger partial charge in [0.25, 0.3) is 0 Å². The van der Waals surface area contributed by atoms with E-state index >= 15 is 0 Å². The summed E-state index contributed by atoms with van der Waals surface area (Å²) in [7, 11) is -0.304. The lowest BCUT2D eigenvalue weighted by atomic mass is 9.69. The standard InChI is InChI=1S/C38H49NO3Si/c1-9-38(10-2,34-16-17-35(29(4)23-34)32-24-30(26-39-27-32)25-36(40)41-5)33-15-14-31(28(3)22-33)18-21-37(42-43(6,7)8)19-12-11-13-20-37/h14-17,22-24,26-27H,9-13,19-20,25H2,1-8H3. The zero-order valence-electron chi connectivity index (χ0n) is 27.5. The maximum absolute atomic E-state index is 11.8. The molecule has 5 heteroatoms. The Kier molecular flexibility index (Phi) is 10.4. The highest BCUT2D eigenvalue weighted by atomic mass is 28.4. The first-order valence-electron chi connectivity index (χ1n) is 15.9. The van der Waals surface area contributed by atoms with Gasteiger partial charge in [0.2, 0.25) is 0 Å². The van der Waals surface area contributed by atoms with E-state index in [9.17, 15) is 4.79 Å². The third-order valence-corrected chi connectivity index (χ3v) is 10.0. The first kappa shape index (κ1) is 32.7. The van der Waals surface area contributed by atoms with Crippen LogP contribution in [-0.2, 0) is 25.8 Å². The molecule has 0 bridgehead atoms. The minimum atomic E-state index is -1.72. The third kappa shape index (κ3) is 7.66. The van der Waals surface area contributed by atoms with Crippen LogP contribution in [0.25, 0.3) is 11.1 Å². The number of hydrogen-bond donors (Lipinski definition) is 0. The number of rotatable bonds is 9. The van der Waals surface area contributed by atoms with E-state index in [1.807, 2.05) is 12.3 Å². The van der Waals surface area contributed by atoms with Gasteiger partial charge in [-0.25, -0.2) is 0 Å². The van der Waals surface area contributed by atoms with Crippen molar-refractivity contribution in [1.82, 2.24) is 4.98 Å². The predicted octanol–water partition coefficient (Wildman–Crippen LogP) is 9.09.